The van der Waals surface area contributed by atoms with Crippen LogP contribution in [-0.2, 0) is 16.0 Å². The van der Waals surface area contributed by atoms with Crippen LogP contribution >= 0.6 is 0 Å². The minimum atomic E-state index is -0.688. The number of methoxy groups -OCH3 is 2. The maximum atomic E-state index is 13.1. The summed E-state index contributed by atoms with van der Waals surface area (Å²) >= 11 is 0. The van der Waals surface area contributed by atoms with Crippen LogP contribution in [0.4, 0.5) is 0 Å². The number of carbonyl (C=O) groups excluding carboxylic acids is 2. The van der Waals surface area contributed by atoms with Crippen molar-refractivity contribution < 1.29 is 24.2 Å². The van der Waals surface area contributed by atoms with Gasteiger partial charge < -0.3 is 19.5 Å². The molecule has 1 heterocycles. The lowest BCUT2D eigenvalue weighted by atomic mass is 9.95. The maximum Gasteiger partial charge on any atom is 0.295 e. The molecule has 1 N–H and O–H groups in total. The summed E-state index contributed by atoms with van der Waals surface area (Å²) < 4.78 is 10.4. The maximum absolute atomic E-state index is 13.1. The van der Waals surface area contributed by atoms with Crippen LogP contribution in [0.25, 0.3) is 5.76 Å². The molecule has 0 aromatic heterocycles. The largest absolute Gasteiger partial charge is 0.507 e. The van der Waals surface area contributed by atoms with Gasteiger partial charge in [0.25, 0.3) is 11.7 Å². The lowest BCUT2D eigenvalue weighted by molar-refractivity contribution is -0.139. The highest BCUT2D eigenvalue weighted by atomic mass is 16.5. The van der Waals surface area contributed by atoms with Crippen LogP contribution in [0.3, 0.4) is 0 Å². The smallest absolute Gasteiger partial charge is 0.295 e. The van der Waals surface area contributed by atoms with Gasteiger partial charge in [0.1, 0.15) is 17.3 Å². The number of rotatable bonds is 7. The molecule has 1 amide bonds. The van der Waals surface area contributed by atoms with E-state index in [9.17, 15) is 14.7 Å². The van der Waals surface area contributed by atoms with Crippen LogP contribution in [0.1, 0.15) is 22.7 Å². The molecule has 0 aliphatic carbocycles. The van der Waals surface area contributed by atoms with Crippen LogP contribution < -0.4 is 9.47 Å². The van der Waals surface area contributed by atoms with Crippen molar-refractivity contribution in [2.75, 3.05) is 20.8 Å². The van der Waals surface area contributed by atoms with Gasteiger partial charge in [-0.2, -0.15) is 0 Å². The normalized spacial score (nSPS) is 17.3. The van der Waals surface area contributed by atoms with E-state index in [1.165, 1.54) is 4.90 Å². The molecule has 4 rings (SSSR count). The molecule has 0 bridgehead atoms. The first kappa shape index (κ1) is 22.1. The van der Waals surface area contributed by atoms with Gasteiger partial charge in [0.05, 0.1) is 25.8 Å². The Morgan fingerprint density at radius 1 is 0.848 bits per heavy atom. The van der Waals surface area contributed by atoms with Crippen molar-refractivity contribution >= 4 is 17.4 Å². The number of likely N-dealkylation sites (tertiary alicyclic amines) is 1. The van der Waals surface area contributed by atoms with Gasteiger partial charge in [-0.15, -0.1) is 0 Å². The van der Waals surface area contributed by atoms with Crippen molar-refractivity contribution in [2.45, 2.75) is 12.5 Å². The number of nitrogens with zero attached hydrogens (tertiary/aromatic N) is 1. The predicted molar refractivity (Wildman–Crippen MR) is 125 cm³/mol. The summed E-state index contributed by atoms with van der Waals surface area (Å²) in [7, 11) is 3.16. The molecule has 33 heavy (non-hydrogen) atoms. The first-order chi connectivity index (χ1) is 16.0. The molecule has 1 fully saturated rings. The van der Waals surface area contributed by atoms with Crippen molar-refractivity contribution in [1.82, 2.24) is 4.90 Å². The average molecular weight is 443 g/mol. The third-order valence-corrected chi connectivity index (χ3v) is 5.82. The Morgan fingerprint density at radius 2 is 1.42 bits per heavy atom. The highest BCUT2D eigenvalue weighted by molar-refractivity contribution is 6.46. The van der Waals surface area contributed by atoms with Gasteiger partial charge in [-0.05, 0) is 53.9 Å². The van der Waals surface area contributed by atoms with E-state index in [1.54, 1.807) is 38.5 Å². The SMILES string of the molecule is COc1ccc(CCN2C(=O)C(=O)/C(=C(\O)c3ccc(OC)cc3)C2c2ccccc2)cc1. The Labute approximate surface area is 192 Å². The Balaban J connectivity index is 1.71. The van der Waals surface area contributed by atoms with Gasteiger partial charge in [0, 0.05) is 12.1 Å². The quantitative estimate of drug-likeness (QED) is 0.333. The molecule has 3 aromatic rings. The molecule has 1 aliphatic heterocycles. The fourth-order valence-corrected chi connectivity index (χ4v) is 4.04. The molecular weight excluding hydrogens is 418 g/mol. The van der Waals surface area contributed by atoms with E-state index in [1.807, 2.05) is 54.6 Å². The van der Waals surface area contributed by atoms with Crippen molar-refractivity contribution in [3.8, 4) is 11.5 Å². The van der Waals surface area contributed by atoms with Crippen molar-refractivity contribution in [3.63, 3.8) is 0 Å². The molecule has 6 heteroatoms. The second-order valence-electron chi connectivity index (χ2n) is 7.73. The number of aliphatic hydroxyl groups is 1. The third-order valence-electron chi connectivity index (χ3n) is 5.82. The second-order valence-corrected chi connectivity index (χ2v) is 7.73. The van der Waals surface area contributed by atoms with Crippen molar-refractivity contribution in [1.29, 1.82) is 0 Å². The topological polar surface area (TPSA) is 76.1 Å². The zero-order valence-electron chi connectivity index (χ0n) is 18.5. The van der Waals surface area contributed by atoms with Gasteiger partial charge in [0.2, 0.25) is 0 Å². The monoisotopic (exact) mass is 443 g/mol. The van der Waals surface area contributed by atoms with Crippen LogP contribution in [0.15, 0.2) is 84.4 Å². The van der Waals surface area contributed by atoms with Gasteiger partial charge >= 0.3 is 0 Å². The van der Waals surface area contributed by atoms with E-state index in [4.69, 9.17) is 9.47 Å². The lowest BCUT2D eigenvalue weighted by Crippen LogP contribution is -2.31. The second kappa shape index (κ2) is 9.61. The highest BCUT2D eigenvalue weighted by Gasteiger charge is 2.45. The fraction of sp³-hybridized carbons (Fsp3) is 0.185. The summed E-state index contributed by atoms with van der Waals surface area (Å²) in [5.74, 6) is -0.120. The van der Waals surface area contributed by atoms with E-state index >= 15 is 0 Å². The molecule has 3 aromatic carbocycles. The van der Waals surface area contributed by atoms with Gasteiger partial charge in [0.15, 0.2) is 0 Å². The van der Waals surface area contributed by atoms with Crippen molar-refractivity contribution in [2.24, 2.45) is 0 Å². The number of ketones is 1. The van der Waals surface area contributed by atoms with Crippen LogP contribution in [0.5, 0.6) is 11.5 Å². The zero-order valence-corrected chi connectivity index (χ0v) is 18.5. The number of carbonyl (C=O) groups is 2. The van der Waals surface area contributed by atoms with Gasteiger partial charge in [-0.1, -0.05) is 42.5 Å². The first-order valence-electron chi connectivity index (χ1n) is 10.6. The summed E-state index contributed by atoms with van der Waals surface area (Å²) in [5, 5.41) is 11.1. The number of hydrogen-bond donors (Lipinski definition) is 1. The van der Waals surface area contributed by atoms with Gasteiger partial charge in [-0.25, -0.2) is 0 Å². The van der Waals surface area contributed by atoms with Crippen LogP contribution in [0.2, 0.25) is 0 Å². The molecule has 1 unspecified atom stereocenters. The lowest BCUT2D eigenvalue weighted by Gasteiger charge is -2.25. The molecule has 168 valence electrons. The molecule has 1 saturated heterocycles. The Morgan fingerprint density at radius 3 is 2.00 bits per heavy atom. The molecule has 1 aliphatic rings. The average Bonchev–Trinajstić information content (AvgIpc) is 3.12. The van der Waals surface area contributed by atoms with Crippen LogP contribution in [-0.4, -0.2) is 42.5 Å². The summed E-state index contributed by atoms with van der Waals surface area (Å²) in [4.78, 5) is 27.7. The Hall–Kier alpha value is -4.06. The van der Waals surface area contributed by atoms with E-state index in [0.717, 1.165) is 16.9 Å². The highest BCUT2D eigenvalue weighted by Crippen LogP contribution is 2.39. The van der Waals surface area contributed by atoms with E-state index < -0.39 is 17.7 Å². The van der Waals surface area contributed by atoms with E-state index in [-0.39, 0.29) is 11.3 Å². The fourth-order valence-electron chi connectivity index (χ4n) is 4.04. The predicted octanol–water partition coefficient (Wildman–Crippen LogP) is 4.37. The Kier molecular flexibility index (Phi) is 6.45. The van der Waals surface area contributed by atoms with Crippen LogP contribution in [0, 0.1) is 0 Å². The summed E-state index contributed by atoms with van der Waals surface area (Å²) in [5.41, 5.74) is 2.32. The molecule has 6 nitrogen and oxygen atoms in total. The number of aliphatic hydroxyl groups excluding tert-OH is 1. The number of amides is 1. The number of benzene rings is 3. The minimum Gasteiger partial charge on any atom is -0.507 e. The summed E-state index contributed by atoms with van der Waals surface area (Å²) in [6.45, 7) is 0.329. The van der Waals surface area contributed by atoms with E-state index in [0.29, 0.717) is 24.3 Å². The Bertz CT molecular complexity index is 1170. The number of ether oxygens (including phenoxy) is 2. The minimum absolute atomic E-state index is 0.0890. The molecule has 0 saturated carbocycles. The molecular formula is C27H25NO5. The van der Waals surface area contributed by atoms with Gasteiger partial charge in [-0.3, -0.25) is 9.59 Å². The summed E-state index contributed by atoms with van der Waals surface area (Å²) in [6, 6.07) is 23.0. The molecule has 1 atom stereocenters. The molecule has 0 radical (unpaired) electrons. The van der Waals surface area contributed by atoms with Crippen molar-refractivity contribution in [3.05, 3.63) is 101 Å². The number of hydrogen-bond acceptors (Lipinski definition) is 5. The third kappa shape index (κ3) is 4.46. The molecule has 0 spiro atoms. The standard InChI is InChI=1S/C27H25NO5/c1-32-21-12-8-18(9-13-21)16-17-28-24(19-6-4-3-5-7-19)23(26(30)27(28)31)25(29)20-10-14-22(33-2)15-11-20/h3-15,24,29H,16-17H2,1-2H3/b25-23-. The first-order valence-corrected chi connectivity index (χ1v) is 10.6. The zero-order chi connectivity index (χ0) is 23.4. The number of Topliss-reactive ketones (excluding diaryl/α,β-unsaturated/α-hetero) is 1. The summed E-state index contributed by atoms with van der Waals surface area (Å²) in [6.07, 6.45) is 0.558. The van der Waals surface area contributed by atoms with E-state index in [2.05, 4.69) is 0 Å².